The summed E-state index contributed by atoms with van der Waals surface area (Å²) in [6.07, 6.45) is 0. The van der Waals surface area contributed by atoms with Gasteiger partial charge in [-0.1, -0.05) is 24.3 Å². The predicted molar refractivity (Wildman–Crippen MR) is 89.6 cm³/mol. The van der Waals surface area contributed by atoms with Gasteiger partial charge < -0.3 is 10.6 Å². The number of carbonyl (C=O) groups excluding carboxylic acids is 1. The third-order valence-electron chi connectivity index (χ3n) is 3.65. The van der Waals surface area contributed by atoms with Crippen molar-refractivity contribution < 1.29 is 9.72 Å². The van der Waals surface area contributed by atoms with E-state index >= 15 is 0 Å². The molecule has 0 aromatic heterocycles. The predicted octanol–water partition coefficient (Wildman–Crippen LogP) is 4.09. The van der Waals surface area contributed by atoms with Gasteiger partial charge in [-0.15, -0.1) is 0 Å². The van der Waals surface area contributed by atoms with Crippen molar-refractivity contribution in [3.8, 4) is 0 Å². The third kappa shape index (κ3) is 4.06. The molecule has 120 valence electrons. The molecule has 2 amide bonds. The smallest absolute Gasteiger partial charge is 0.319 e. The molecule has 0 fully saturated rings. The van der Waals surface area contributed by atoms with Crippen LogP contribution in [0.25, 0.3) is 0 Å². The molecule has 23 heavy (non-hydrogen) atoms. The van der Waals surface area contributed by atoms with Gasteiger partial charge in [0, 0.05) is 17.3 Å². The van der Waals surface area contributed by atoms with E-state index in [1.54, 1.807) is 13.0 Å². The molecule has 6 heteroatoms. The monoisotopic (exact) mass is 313 g/mol. The Labute approximate surface area is 134 Å². The first-order valence-corrected chi connectivity index (χ1v) is 7.26. The molecule has 0 radical (unpaired) electrons. The van der Waals surface area contributed by atoms with Crippen LogP contribution in [0.5, 0.6) is 0 Å². The second-order valence-electron chi connectivity index (χ2n) is 5.44. The van der Waals surface area contributed by atoms with Crippen LogP contribution < -0.4 is 10.6 Å². The van der Waals surface area contributed by atoms with Crippen LogP contribution in [0.15, 0.2) is 42.5 Å². The molecule has 2 aromatic carbocycles. The second kappa shape index (κ2) is 6.91. The van der Waals surface area contributed by atoms with Gasteiger partial charge in [-0.25, -0.2) is 4.79 Å². The van der Waals surface area contributed by atoms with Crippen molar-refractivity contribution in [1.29, 1.82) is 0 Å². The van der Waals surface area contributed by atoms with E-state index in [2.05, 4.69) is 10.6 Å². The summed E-state index contributed by atoms with van der Waals surface area (Å²) >= 11 is 0. The van der Waals surface area contributed by atoms with Crippen molar-refractivity contribution in [2.45, 2.75) is 26.8 Å². The van der Waals surface area contributed by atoms with Gasteiger partial charge in [-0.2, -0.15) is 0 Å². The van der Waals surface area contributed by atoms with Crippen LogP contribution in [0.4, 0.5) is 16.2 Å². The average molecular weight is 313 g/mol. The van der Waals surface area contributed by atoms with E-state index in [1.165, 1.54) is 12.1 Å². The normalized spacial score (nSPS) is 11.6. The lowest BCUT2D eigenvalue weighted by Gasteiger charge is -2.17. The van der Waals surface area contributed by atoms with E-state index in [1.807, 2.05) is 38.1 Å². The number of nitro groups is 1. The van der Waals surface area contributed by atoms with Gasteiger partial charge in [-0.3, -0.25) is 10.1 Å². The highest BCUT2D eigenvalue weighted by Crippen LogP contribution is 2.22. The lowest BCUT2D eigenvalue weighted by atomic mass is 10.0. The molecule has 0 saturated carbocycles. The summed E-state index contributed by atoms with van der Waals surface area (Å²) < 4.78 is 0. The van der Waals surface area contributed by atoms with Crippen molar-refractivity contribution in [1.82, 2.24) is 5.32 Å². The largest absolute Gasteiger partial charge is 0.331 e. The van der Waals surface area contributed by atoms with Crippen LogP contribution in [0.2, 0.25) is 0 Å². The Hall–Kier alpha value is -2.89. The van der Waals surface area contributed by atoms with Gasteiger partial charge in [0.2, 0.25) is 0 Å². The molecule has 0 aliphatic rings. The second-order valence-corrected chi connectivity index (χ2v) is 5.44. The molecular weight excluding hydrogens is 294 g/mol. The zero-order valence-corrected chi connectivity index (χ0v) is 13.3. The molecule has 0 aliphatic carbocycles. The minimum atomic E-state index is -0.445. The molecule has 0 bridgehead atoms. The standard InChI is InChI=1S/C17H19N3O3/c1-11-6-4-5-7-15(11)13(3)18-17(21)19-14-8-9-16(20(22)23)12(2)10-14/h4-10,13H,1-3H3,(H2,18,19,21). The van der Waals surface area contributed by atoms with E-state index in [-0.39, 0.29) is 17.8 Å². The molecule has 0 heterocycles. The topological polar surface area (TPSA) is 84.3 Å². The van der Waals surface area contributed by atoms with Crippen LogP contribution in [-0.4, -0.2) is 11.0 Å². The zero-order valence-electron chi connectivity index (χ0n) is 13.3. The summed E-state index contributed by atoms with van der Waals surface area (Å²) in [4.78, 5) is 22.4. The van der Waals surface area contributed by atoms with Crippen LogP contribution in [-0.2, 0) is 0 Å². The molecule has 1 unspecified atom stereocenters. The summed E-state index contributed by atoms with van der Waals surface area (Å²) in [7, 11) is 0. The Bertz CT molecular complexity index is 744. The van der Waals surface area contributed by atoms with Gasteiger partial charge >= 0.3 is 6.03 Å². The Balaban J connectivity index is 2.04. The molecule has 6 nitrogen and oxygen atoms in total. The summed E-state index contributed by atoms with van der Waals surface area (Å²) in [5.41, 5.74) is 3.19. The number of amides is 2. The molecule has 2 rings (SSSR count). The zero-order chi connectivity index (χ0) is 17.0. The summed E-state index contributed by atoms with van der Waals surface area (Å²) in [5.74, 6) is 0. The van der Waals surface area contributed by atoms with Crippen molar-refractivity contribution in [3.63, 3.8) is 0 Å². The first-order valence-electron chi connectivity index (χ1n) is 7.26. The maximum Gasteiger partial charge on any atom is 0.319 e. The number of benzene rings is 2. The van der Waals surface area contributed by atoms with E-state index in [0.717, 1.165) is 11.1 Å². The minimum Gasteiger partial charge on any atom is -0.331 e. The van der Waals surface area contributed by atoms with Crippen molar-refractivity contribution in [2.75, 3.05) is 5.32 Å². The van der Waals surface area contributed by atoms with E-state index in [0.29, 0.717) is 11.3 Å². The van der Waals surface area contributed by atoms with Crippen LogP contribution >= 0.6 is 0 Å². The fraction of sp³-hybridized carbons (Fsp3) is 0.235. The van der Waals surface area contributed by atoms with E-state index < -0.39 is 4.92 Å². The number of carbonyl (C=O) groups is 1. The number of aryl methyl sites for hydroxylation is 2. The Morgan fingerprint density at radius 2 is 1.83 bits per heavy atom. The highest BCUT2D eigenvalue weighted by Gasteiger charge is 2.13. The van der Waals surface area contributed by atoms with E-state index in [4.69, 9.17) is 0 Å². The maximum absolute atomic E-state index is 12.1. The van der Waals surface area contributed by atoms with Gasteiger partial charge in [0.25, 0.3) is 5.69 Å². The molecule has 1 atom stereocenters. The van der Waals surface area contributed by atoms with Crippen LogP contribution in [0, 0.1) is 24.0 Å². The average Bonchev–Trinajstić information content (AvgIpc) is 2.47. The Morgan fingerprint density at radius 1 is 1.13 bits per heavy atom. The highest BCUT2D eigenvalue weighted by atomic mass is 16.6. The number of hydrogen-bond acceptors (Lipinski definition) is 3. The number of urea groups is 1. The summed E-state index contributed by atoms with van der Waals surface area (Å²) in [6, 6.07) is 11.8. The van der Waals surface area contributed by atoms with Crippen molar-refractivity contribution in [2.24, 2.45) is 0 Å². The van der Waals surface area contributed by atoms with Crippen LogP contribution in [0.1, 0.15) is 29.7 Å². The number of nitro benzene ring substituents is 1. The first kappa shape index (κ1) is 16.5. The summed E-state index contributed by atoms with van der Waals surface area (Å²) in [5, 5.41) is 16.4. The number of hydrogen-bond donors (Lipinski definition) is 2. The first-order chi connectivity index (χ1) is 10.9. The number of nitrogens with one attached hydrogen (secondary N) is 2. The summed E-state index contributed by atoms with van der Waals surface area (Å²) in [6.45, 7) is 5.53. The Kier molecular flexibility index (Phi) is 4.95. The SMILES string of the molecule is Cc1ccccc1C(C)NC(=O)Nc1ccc([N+](=O)[O-])c(C)c1. The van der Waals surface area contributed by atoms with Crippen LogP contribution in [0.3, 0.4) is 0 Å². The molecule has 2 N–H and O–H groups in total. The van der Waals surface area contributed by atoms with Gasteiger partial charge in [0.05, 0.1) is 11.0 Å². The van der Waals surface area contributed by atoms with Gasteiger partial charge in [0.1, 0.15) is 0 Å². The quantitative estimate of drug-likeness (QED) is 0.658. The molecular formula is C17H19N3O3. The Morgan fingerprint density at radius 3 is 2.43 bits per heavy atom. The molecule has 2 aromatic rings. The lowest BCUT2D eigenvalue weighted by molar-refractivity contribution is -0.385. The maximum atomic E-state index is 12.1. The molecule has 0 spiro atoms. The van der Waals surface area contributed by atoms with Crippen molar-refractivity contribution in [3.05, 3.63) is 69.3 Å². The molecule has 0 saturated heterocycles. The van der Waals surface area contributed by atoms with Crippen molar-refractivity contribution >= 4 is 17.4 Å². The molecule has 0 aliphatic heterocycles. The lowest BCUT2D eigenvalue weighted by Crippen LogP contribution is -2.31. The van der Waals surface area contributed by atoms with Gasteiger partial charge in [-0.05, 0) is 44.0 Å². The number of rotatable bonds is 4. The third-order valence-corrected chi connectivity index (χ3v) is 3.65. The highest BCUT2D eigenvalue weighted by molar-refractivity contribution is 5.89. The minimum absolute atomic E-state index is 0.0317. The fourth-order valence-electron chi connectivity index (χ4n) is 2.45. The number of nitrogens with zero attached hydrogens (tertiary/aromatic N) is 1. The van der Waals surface area contributed by atoms with Gasteiger partial charge in [0.15, 0.2) is 0 Å². The van der Waals surface area contributed by atoms with E-state index in [9.17, 15) is 14.9 Å². The fourth-order valence-corrected chi connectivity index (χ4v) is 2.45. The number of anilines is 1.